The van der Waals surface area contributed by atoms with Crippen LogP contribution in [0.3, 0.4) is 0 Å². The SMILES string of the molecule is NC(=O)C1CCN(c2ccccc2NC(=O)C2CC(c3cccc(F)c3)=NO2)CC1. The van der Waals surface area contributed by atoms with Crippen LogP contribution >= 0.6 is 0 Å². The number of carbonyl (C=O) groups excluding carboxylic acids is 2. The number of halogens is 1. The number of rotatable bonds is 5. The maximum atomic E-state index is 13.4. The van der Waals surface area contributed by atoms with Crippen LogP contribution < -0.4 is 16.0 Å². The van der Waals surface area contributed by atoms with Gasteiger partial charge in [0.25, 0.3) is 5.91 Å². The molecule has 0 aromatic heterocycles. The molecule has 0 radical (unpaired) electrons. The van der Waals surface area contributed by atoms with Gasteiger partial charge in [-0.3, -0.25) is 9.59 Å². The van der Waals surface area contributed by atoms with Crippen molar-refractivity contribution in [1.29, 1.82) is 0 Å². The number of oxime groups is 1. The Labute approximate surface area is 173 Å². The van der Waals surface area contributed by atoms with Crippen molar-refractivity contribution in [2.75, 3.05) is 23.3 Å². The summed E-state index contributed by atoms with van der Waals surface area (Å²) < 4.78 is 13.4. The highest BCUT2D eigenvalue weighted by Crippen LogP contribution is 2.30. The summed E-state index contributed by atoms with van der Waals surface area (Å²) in [5, 5.41) is 6.89. The quantitative estimate of drug-likeness (QED) is 0.792. The van der Waals surface area contributed by atoms with E-state index < -0.39 is 6.10 Å². The van der Waals surface area contributed by atoms with E-state index in [4.69, 9.17) is 10.6 Å². The van der Waals surface area contributed by atoms with Gasteiger partial charge in [0.05, 0.1) is 17.1 Å². The minimum atomic E-state index is -0.781. The fraction of sp³-hybridized carbons (Fsp3) is 0.318. The van der Waals surface area contributed by atoms with Gasteiger partial charge in [-0.1, -0.05) is 29.4 Å². The Morgan fingerprint density at radius 1 is 1.13 bits per heavy atom. The number of primary amides is 1. The minimum absolute atomic E-state index is 0.103. The first-order valence-corrected chi connectivity index (χ1v) is 9.94. The summed E-state index contributed by atoms with van der Waals surface area (Å²) in [6.45, 7) is 1.38. The number of hydrogen-bond acceptors (Lipinski definition) is 5. The van der Waals surface area contributed by atoms with Crippen LogP contribution in [0.4, 0.5) is 15.8 Å². The van der Waals surface area contributed by atoms with E-state index in [1.54, 1.807) is 12.1 Å². The van der Waals surface area contributed by atoms with Crippen LogP contribution in [-0.4, -0.2) is 36.7 Å². The van der Waals surface area contributed by atoms with Crippen molar-refractivity contribution in [2.45, 2.75) is 25.4 Å². The van der Waals surface area contributed by atoms with E-state index in [2.05, 4.69) is 15.4 Å². The second-order valence-corrected chi connectivity index (χ2v) is 7.52. The Balaban J connectivity index is 1.41. The second kappa shape index (κ2) is 8.52. The van der Waals surface area contributed by atoms with Crippen molar-refractivity contribution < 1.29 is 18.8 Å². The van der Waals surface area contributed by atoms with E-state index in [9.17, 15) is 14.0 Å². The zero-order valence-corrected chi connectivity index (χ0v) is 16.4. The second-order valence-electron chi connectivity index (χ2n) is 7.52. The Bertz CT molecular complexity index is 986. The third kappa shape index (κ3) is 4.27. The van der Waals surface area contributed by atoms with E-state index in [1.807, 2.05) is 24.3 Å². The van der Waals surface area contributed by atoms with Gasteiger partial charge in [-0.15, -0.1) is 0 Å². The average molecular weight is 410 g/mol. The van der Waals surface area contributed by atoms with Crippen molar-refractivity contribution >= 4 is 28.9 Å². The minimum Gasteiger partial charge on any atom is -0.382 e. The smallest absolute Gasteiger partial charge is 0.268 e. The van der Waals surface area contributed by atoms with Gasteiger partial charge in [0.15, 0.2) is 0 Å². The van der Waals surface area contributed by atoms with Gasteiger partial charge in [-0.05, 0) is 37.1 Å². The molecule has 7 nitrogen and oxygen atoms in total. The molecule has 8 heteroatoms. The van der Waals surface area contributed by atoms with Gasteiger partial charge in [0.2, 0.25) is 12.0 Å². The summed E-state index contributed by atoms with van der Waals surface area (Å²) in [7, 11) is 0. The Kier molecular flexibility index (Phi) is 5.65. The molecule has 3 N–H and O–H groups in total. The molecule has 2 amide bonds. The van der Waals surface area contributed by atoms with Crippen LogP contribution in [0.15, 0.2) is 53.7 Å². The van der Waals surface area contributed by atoms with E-state index >= 15 is 0 Å². The maximum Gasteiger partial charge on any atom is 0.268 e. The number of benzene rings is 2. The molecule has 156 valence electrons. The van der Waals surface area contributed by atoms with Gasteiger partial charge < -0.3 is 20.8 Å². The van der Waals surface area contributed by atoms with Gasteiger partial charge in [-0.2, -0.15) is 0 Å². The van der Waals surface area contributed by atoms with Crippen molar-refractivity contribution in [3.8, 4) is 0 Å². The summed E-state index contributed by atoms with van der Waals surface area (Å²) in [5.41, 5.74) is 8.11. The number of carbonyl (C=O) groups is 2. The Morgan fingerprint density at radius 3 is 2.63 bits per heavy atom. The molecule has 2 aromatic rings. The number of hydrogen-bond donors (Lipinski definition) is 2. The predicted molar refractivity (Wildman–Crippen MR) is 112 cm³/mol. The molecular weight excluding hydrogens is 387 g/mol. The predicted octanol–water partition coefficient (Wildman–Crippen LogP) is 2.66. The first-order chi connectivity index (χ1) is 14.5. The molecule has 2 heterocycles. The Hall–Kier alpha value is -3.42. The molecule has 0 spiro atoms. The largest absolute Gasteiger partial charge is 0.382 e. The molecule has 1 fully saturated rings. The molecule has 30 heavy (non-hydrogen) atoms. The third-order valence-corrected chi connectivity index (χ3v) is 5.52. The molecule has 2 aliphatic rings. The highest BCUT2D eigenvalue weighted by atomic mass is 19.1. The van der Waals surface area contributed by atoms with Crippen LogP contribution in [0.2, 0.25) is 0 Å². The Morgan fingerprint density at radius 2 is 1.90 bits per heavy atom. The summed E-state index contributed by atoms with van der Waals surface area (Å²) in [4.78, 5) is 31.6. The van der Waals surface area contributed by atoms with E-state index in [0.717, 1.165) is 5.69 Å². The van der Waals surface area contributed by atoms with Crippen molar-refractivity contribution in [3.63, 3.8) is 0 Å². The van der Waals surface area contributed by atoms with E-state index in [0.29, 0.717) is 42.9 Å². The molecule has 4 rings (SSSR count). The van der Waals surface area contributed by atoms with Crippen molar-refractivity contribution in [3.05, 3.63) is 59.9 Å². The molecule has 0 saturated carbocycles. The van der Waals surface area contributed by atoms with Crippen LogP contribution in [0.1, 0.15) is 24.8 Å². The first-order valence-electron chi connectivity index (χ1n) is 9.94. The number of nitrogens with one attached hydrogen (secondary N) is 1. The van der Waals surface area contributed by atoms with Crippen LogP contribution in [0.25, 0.3) is 0 Å². The molecule has 2 aromatic carbocycles. The molecule has 0 aliphatic carbocycles. The number of nitrogens with zero attached hydrogens (tertiary/aromatic N) is 2. The lowest BCUT2D eigenvalue weighted by atomic mass is 9.96. The lowest BCUT2D eigenvalue weighted by Crippen LogP contribution is -2.39. The topological polar surface area (TPSA) is 97.0 Å². The maximum absolute atomic E-state index is 13.4. The summed E-state index contributed by atoms with van der Waals surface area (Å²) >= 11 is 0. The third-order valence-electron chi connectivity index (χ3n) is 5.52. The fourth-order valence-electron chi connectivity index (χ4n) is 3.83. The van der Waals surface area contributed by atoms with Gasteiger partial charge in [0.1, 0.15) is 5.82 Å². The number of amides is 2. The van der Waals surface area contributed by atoms with Gasteiger partial charge in [-0.25, -0.2) is 4.39 Å². The molecule has 2 aliphatic heterocycles. The summed E-state index contributed by atoms with van der Waals surface area (Å²) in [5.74, 6) is -1.04. The summed E-state index contributed by atoms with van der Waals surface area (Å²) in [6.07, 6.45) is 0.862. The monoisotopic (exact) mass is 410 g/mol. The van der Waals surface area contributed by atoms with E-state index in [-0.39, 0.29) is 30.0 Å². The van der Waals surface area contributed by atoms with Gasteiger partial charge >= 0.3 is 0 Å². The van der Waals surface area contributed by atoms with Crippen LogP contribution in [0.5, 0.6) is 0 Å². The number of para-hydroxylation sites is 2. The highest BCUT2D eigenvalue weighted by Gasteiger charge is 2.30. The molecular formula is C22H23FN4O3. The number of piperidine rings is 1. The number of anilines is 2. The molecule has 1 saturated heterocycles. The number of nitrogens with two attached hydrogens (primary N) is 1. The zero-order chi connectivity index (χ0) is 21.1. The zero-order valence-electron chi connectivity index (χ0n) is 16.4. The standard InChI is InChI=1S/C22H23FN4O3/c23-16-5-3-4-15(12-16)18-13-20(30-26-18)22(29)25-17-6-1-2-7-19(17)27-10-8-14(9-11-27)21(24)28/h1-7,12,14,20H,8-11,13H2,(H2,24,28)(H,25,29). The van der Waals surface area contributed by atoms with Gasteiger partial charge in [0, 0.05) is 31.0 Å². The lowest BCUT2D eigenvalue weighted by Gasteiger charge is -2.33. The summed E-state index contributed by atoms with van der Waals surface area (Å²) in [6, 6.07) is 13.6. The molecule has 1 atom stereocenters. The molecule has 1 unspecified atom stereocenters. The normalized spacial score (nSPS) is 19.2. The highest BCUT2D eigenvalue weighted by molar-refractivity contribution is 6.06. The lowest BCUT2D eigenvalue weighted by molar-refractivity contribution is -0.125. The van der Waals surface area contributed by atoms with Crippen LogP contribution in [0, 0.1) is 11.7 Å². The van der Waals surface area contributed by atoms with Crippen molar-refractivity contribution in [2.24, 2.45) is 16.8 Å². The van der Waals surface area contributed by atoms with Crippen molar-refractivity contribution in [1.82, 2.24) is 0 Å². The first kappa shape index (κ1) is 19.9. The average Bonchev–Trinajstić information content (AvgIpc) is 3.25. The fourth-order valence-corrected chi connectivity index (χ4v) is 3.83. The molecule has 0 bridgehead atoms. The van der Waals surface area contributed by atoms with E-state index in [1.165, 1.54) is 12.1 Å². The van der Waals surface area contributed by atoms with Crippen LogP contribution in [-0.2, 0) is 14.4 Å².